The molecule has 0 bridgehead atoms. The molecule has 1 aliphatic carbocycles. The van der Waals surface area contributed by atoms with Crippen LogP contribution >= 0.6 is 0 Å². The van der Waals surface area contributed by atoms with Crippen molar-refractivity contribution in [3.8, 4) is 17.3 Å². The molecule has 0 aliphatic heterocycles. The minimum Gasteiger partial charge on any atom is -0.482 e. The number of benzene rings is 2. The number of H-pyrrole nitrogens is 1. The number of nitrogens with one attached hydrogen (secondary N) is 2. The van der Waals surface area contributed by atoms with Crippen LogP contribution in [0.4, 0.5) is 0 Å². The number of carbonyl (C=O) groups excluding carboxylic acids is 1. The van der Waals surface area contributed by atoms with E-state index in [9.17, 15) is 19.5 Å². The number of carbonyl (C=O) groups is 3. The maximum atomic E-state index is 13.4. The molecule has 0 unspecified atom stereocenters. The van der Waals surface area contributed by atoms with Crippen LogP contribution in [0.2, 0.25) is 0 Å². The molecular weight excluding hydrogens is 550 g/mol. The molecule has 4 N–H and O–H groups in total. The Bertz CT molecular complexity index is 1810. The van der Waals surface area contributed by atoms with E-state index in [0.717, 1.165) is 48.2 Å². The molecule has 3 aromatic heterocycles. The minimum absolute atomic E-state index is 0.00579. The van der Waals surface area contributed by atoms with Gasteiger partial charge in [0.25, 0.3) is 5.91 Å². The van der Waals surface area contributed by atoms with Crippen LogP contribution in [0, 0.1) is 0 Å². The number of aromatic amines is 1. The molecule has 2 aromatic carbocycles. The number of pyridine rings is 1. The van der Waals surface area contributed by atoms with Crippen molar-refractivity contribution in [3.63, 3.8) is 0 Å². The second kappa shape index (κ2) is 12.0. The number of fused-ring (bicyclic) bond motifs is 2. The lowest BCUT2D eigenvalue weighted by molar-refractivity contribution is -0.140. The first-order valence-electron chi connectivity index (χ1n) is 14.3. The maximum Gasteiger partial charge on any atom is 0.341 e. The lowest BCUT2D eigenvalue weighted by atomic mass is 9.95. The predicted molar refractivity (Wildman–Crippen MR) is 159 cm³/mol. The second-order valence-corrected chi connectivity index (χ2v) is 10.8. The summed E-state index contributed by atoms with van der Waals surface area (Å²) in [6.07, 6.45) is 9.04. The van der Waals surface area contributed by atoms with Gasteiger partial charge in [-0.15, -0.1) is 0 Å². The van der Waals surface area contributed by atoms with Gasteiger partial charge in [0.05, 0.1) is 11.0 Å². The molecule has 11 heteroatoms. The number of nitrogens with zero attached hydrogens (tertiary/aromatic N) is 3. The Morgan fingerprint density at radius 1 is 1.05 bits per heavy atom. The highest BCUT2D eigenvalue weighted by molar-refractivity contribution is 5.99. The third-order valence-electron chi connectivity index (χ3n) is 7.91. The molecule has 1 atom stereocenters. The molecule has 0 radical (unpaired) electrons. The summed E-state index contributed by atoms with van der Waals surface area (Å²) in [4.78, 5) is 49.0. The monoisotopic (exact) mass is 581 g/mol. The van der Waals surface area contributed by atoms with Gasteiger partial charge in [-0.3, -0.25) is 9.78 Å². The Kier molecular flexibility index (Phi) is 7.78. The lowest BCUT2D eigenvalue weighted by Crippen LogP contribution is -2.42. The summed E-state index contributed by atoms with van der Waals surface area (Å²) in [6.45, 7) is -0.494. The van der Waals surface area contributed by atoms with Crippen LogP contribution in [-0.2, 0) is 16.0 Å². The fourth-order valence-corrected chi connectivity index (χ4v) is 5.85. The van der Waals surface area contributed by atoms with Crippen LogP contribution in [0.5, 0.6) is 5.75 Å². The molecule has 3 heterocycles. The number of imidazole rings is 1. The first-order chi connectivity index (χ1) is 20.9. The van der Waals surface area contributed by atoms with Gasteiger partial charge < -0.3 is 29.8 Å². The summed E-state index contributed by atoms with van der Waals surface area (Å²) < 4.78 is 7.52. The maximum absolute atomic E-state index is 13.4. The van der Waals surface area contributed by atoms with E-state index in [-0.39, 0.29) is 12.5 Å². The Hall–Kier alpha value is -5.19. The Balaban J connectivity index is 1.26. The summed E-state index contributed by atoms with van der Waals surface area (Å²) in [7, 11) is 0. The van der Waals surface area contributed by atoms with Crippen molar-refractivity contribution in [1.82, 2.24) is 24.8 Å². The Morgan fingerprint density at radius 3 is 2.63 bits per heavy atom. The highest BCUT2D eigenvalue weighted by atomic mass is 16.5. The van der Waals surface area contributed by atoms with Crippen molar-refractivity contribution >= 4 is 39.8 Å². The van der Waals surface area contributed by atoms with Crippen molar-refractivity contribution in [1.29, 1.82) is 0 Å². The number of hydrogen-bond donors (Lipinski definition) is 4. The van der Waals surface area contributed by atoms with E-state index in [1.807, 2.05) is 24.3 Å². The molecule has 5 aromatic rings. The van der Waals surface area contributed by atoms with E-state index in [1.165, 1.54) is 6.42 Å². The van der Waals surface area contributed by atoms with Crippen LogP contribution in [-0.4, -0.2) is 60.2 Å². The summed E-state index contributed by atoms with van der Waals surface area (Å²) in [6, 6.07) is 15.1. The number of carboxylic acids is 2. The van der Waals surface area contributed by atoms with Gasteiger partial charge in [-0.2, -0.15) is 0 Å². The van der Waals surface area contributed by atoms with Gasteiger partial charge >= 0.3 is 11.9 Å². The van der Waals surface area contributed by atoms with Gasteiger partial charge in [-0.05, 0) is 66.9 Å². The summed E-state index contributed by atoms with van der Waals surface area (Å²) in [5, 5.41) is 22.2. The highest BCUT2D eigenvalue weighted by Gasteiger charge is 2.26. The van der Waals surface area contributed by atoms with Gasteiger partial charge in [0.15, 0.2) is 12.4 Å². The quantitative estimate of drug-likeness (QED) is 0.180. The third kappa shape index (κ3) is 5.92. The first-order valence-corrected chi connectivity index (χ1v) is 14.3. The zero-order valence-corrected chi connectivity index (χ0v) is 23.3. The van der Waals surface area contributed by atoms with Gasteiger partial charge in [0, 0.05) is 41.3 Å². The molecule has 0 spiro atoms. The van der Waals surface area contributed by atoms with E-state index >= 15 is 0 Å². The molecule has 220 valence electrons. The molecule has 1 fully saturated rings. The zero-order valence-electron chi connectivity index (χ0n) is 23.3. The molecule has 0 saturated heterocycles. The van der Waals surface area contributed by atoms with Crippen molar-refractivity contribution in [2.45, 2.75) is 50.6 Å². The molecule has 1 amide bonds. The van der Waals surface area contributed by atoms with Crippen LogP contribution in [0.3, 0.4) is 0 Å². The first kappa shape index (κ1) is 28.0. The van der Waals surface area contributed by atoms with E-state index in [2.05, 4.69) is 19.9 Å². The standard InChI is InChI=1S/C32H31N5O6/c38-29(39)18-43-22-10-11-24-23(16-22)20(17-34-24)15-27(32(41)42)36-31(40)19-9-12-28-26(14-19)35-30(25-8-4-5-13-33-25)37(28)21-6-2-1-3-7-21/h4-5,8-14,16-17,21,27,34H,1-3,6-7,15,18H2,(H,36,40)(H,38,39)(H,41,42)/t27-/m0/s1. The number of rotatable bonds is 10. The van der Waals surface area contributed by atoms with Crippen LogP contribution in [0.1, 0.15) is 54.1 Å². The number of carboxylic acid groups (broad SMARTS) is 2. The van der Waals surface area contributed by atoms with Crippen molar-refractivity contribution in [2.24, 2.45) is 0 Å². The van der Waals surface area contributed by atoms with Crippen molar-refractivity contribution < 1.29 is 29.3 Å². The Labute approximate surface area is 246 Å². The lowest BCUT2D eigenvalue weighted by Gasteiger charge is -2.25. The van der Waals surface area contributed by atoms with Crippen LogP contribution in [0.25, 0.3) is 33.5 Å². The average Bonchev–Trinajstić information content (AvgIpc) is 3.61. The van der Waals surface area contributed by atoms with Crippen LogP contribution < -0.4 is 10.1 Å². The van der Waals surface area contributed by atoms with E-state index in [4.69, 9.17) is 14.8 Å². The third-order valence-corrected chi connectivity index (χ3v) is 7.91. The summed E-state index contributed by atoms with van der Waals surface area (Å²) in [5.41, 5.74) is 4.01. The topological polar surface area (TPSA) is 159 Å². The van der Waals surface area contributed by atoms with Gasteiger partial charge in [0.1, 0.15) is 17.5 Å². The predicted octanol–water partition coefficient (Wildman–Crippen LogP) is 4.97. The van der Waals surface area contributed by atoms with E-state index in [1.54, 1.807) is 42.7 Å². The fourth-order valence-electron chi connectivity index (χ4n) is 5.85. The SMILES string of the molecule is O=C(O)COc1ccc2[nH]cc(C[C@H](NC(=O)c3ccc4c(c3)nc(-c3ccccn3)n4C3CCCCC3)C(=O)O)c2c1. The average molecular weight is 582 g/mol. The van der Waals surface area contributed by atoms with E-state index in [0.29, 0.717) is 27.8 Å². The molecular formula is C32H31N5O6. The van der Waals surface area contributed by atoms with Gasteiger partial charge in [0.2, 0.25) is 0 Å². The highest BCUT2D eigenvalue weighted by Crippen LogP contribution is 2.35. The zero-order chi connectivity index (χ0) is 29.9. The summed E-state index contributed by atoms with van der Waals surface area (Å²) in [5.74, 6) is -1.70. The molecule has 6 rings (SSSR count). The smallest absolute Gasteiger partial charge is 0.341 e. The van der Waals surface area contributed by atoms with Crippen molar-refractivity contribution in [3.05, 3.63) is 78.1 Å². The normalized spacial score (nSPS) is 14.5. The van der Waals surface area contributed by atoms with Crippen molar-refractivity contribution in [2.75, 3.05) is 6.61 Å². The van der Waals surface area contributed by atoms with Gasteiger partial charge in [-0.25, -0.2) is 14.6 Å². The number of hydrogen-bond acceptors (Lipinski definition) is 6. The van der Waals surface area contributed by atoms with Gasteiger partial charge in [-0.1, -0.05) is 25.3 Å². The van der Waals surface area contributed by atoms with Crippen LogP contribution in [0.15, 0.2) is 67.0 Å². The largest absolute Gasteiger partial charge is 0.482 e. The number of amides is 1. The molecule has 1 aliphatic rings. The molecule has 43 heavy (non-hydrogen) atoms. The number of ether oxygens (including phenoxy) is 1. The Morgan fingerprint density at radius 2 is 1.88 bits per heavy atom. The second-order valence-electron chi connectivity index (χ2n) is 10.8. The number of aliphatic carboxylic acids is 2. The molecule has 11 nitrogen and oxygen atoms in total. The van der Waals surface area contributed by atoms with E-state index < -0.39 is 30.5 Å². The minimum atomic E-state index is -1.21. The fraction of sp³-hybridized carbons (Fsp3) is 0.281. The molecule has 1 saturated carbocycles. The summed E-state index contributed by atoms with van der Waals surface area (Å²) >= 11 is 0. The number of aromatic nitrogens is 4.